The minimum atomic E-state index is -0.388. The van der Waals surface area contributed by atoms with Crippen molar-refractivity contribution >= 4 is 29.2 Å². The molecule has 0 aromatic heterocycles. The van der Waals surface area contributed by atoms with E-state index in [-0.39, 0.29) is 36.9 Å². The lowest BCUT2D eigenvalue weighted by Crippen LogP contribution is -2.41. The normalized spacial score (nSPS) is 17.3. The van der Waals surface area contributed by atoms with Gasteiger partial charge in [-0.15, -0.1) is 0 Å². The molecule has 0 saturated carbocycles. The Kier molecular flexibility index (Phi) is 5.14. The van der Waals surface area contributed by atoms with Gasteiger partial charge in [-0.2, -0.15) is 0 Å². The highest BCUT2D eigenvalue weighted by molar-refractivity contribution is 6.05. The predicted molar refractivity (Wildman–Crippen MR) is 82.5 cm³/mol. The number of anilines is 2. The number of amides is 2. The van der Waals surface area contributed by atoms with Crippen LogP contribution in [0.2, 0.25) is 0 Å². The maximum Gasteiger partial charge on any atom is 0.306 e. The molecule has 0 radical (unpaired) electrons. The average molecular weight is 304 g/mol. The monoisotopic (exact) mass is 304 g/mol. The van der Waals surface area contributed by atoms with Crippen LogP contribution in [0.25, 0.3) is 0 Å². The number of benzene rings is 1. The summed E-state index contributed by atoms with van der Waals surface area (Å²) in [4.78, 5) is 37.2. The summed E-state index contributed by atoms with van der Waals surface area (Å²) in [7, 11) is 0. The highest BCUT2D eigenvalue weighted by atomic mass is 16.5. The third-order valence-electron chi connectivity index (χ3n) is 3.44. The van der Waals surface area contributed by atoms with Crippen LogP contribution in [0.4, 0.5) is 11.4 Å². The molecule has 1 N–H and O–H groups in total. The van der Waals surface area contributed by atoms with Gasteiger partial charge in [-0.25, -0.2) is 0 Å². The van der Waals surface area contributed by atoms with Crippen molar-refractivity contribution in [2.75, 3.05) is 16.8 Å². The maximum atomic E-state index is 12.4. The minimum Gasteiger partial charge on any atom is -0.456 e. The van der Waals surface area contributed by atoms with Crippen molar-refractivity contribution in [1.29, 1.82) is 0 Å². The zero-order chi connectivity index (χ0) is 16.1. The number of esters is 1. The molecule has 22 heavy (non-hydrogen) atoms. The van der Waals surface area contributed by atoms with Crippen LogP contribution in [0.3, 0.4) is 0 Å². The number of nitrogens with zero attached hydrogens (tertiary/aromatic N) is 1. The van der Waals surface area contributed by atoms with Gasteiger partial charge in [0.05, 0.1) is 11.4 Å². The molecule has 0 saturated heterocycles. The first-order valence-electron chi connectivity index (χ1n) is 7.39. The Morgan fingerprint density at radius 2 is 2.09 bits per heavy atom. The summed E-state index contributed by atoms with van der Waals surface area (Å²) in [5.41, 5.74) is 1.21. The van der Waals surface area contributed by atoms with Crippen molar-refractivity contribution in [1.82, 2.24) is 0 Å². The van der Waals surface area contributed by atoms with Crippen LogP contribution in [0, 0.1) is 0 Å². The molecule has 1 heterocycles. The number of carbonyl (C=O) groups excluding carboxylic acids is 3. The van der Waals surface area contributed by atoms with Crippen molar-refractivity contribution in [2.24, 2.45) is 0 Å². The third kappa shape index (κ3) is 3.63. The van der Waals surface area contributed by atoms with E-state index in [4.69, 9.17) is 4.74 Å². The van der Waals surface area contributed by atoms with E-state index < -0.39 is 0 Å². The first-order chi connectivity index (χ1) is 10.5. The molecule has 1 aliphatic heterocycles. The summed E-state index contributed by atoms with van der Waals surface area (Å²) < 4.78 is 4.99. The predicted octanol–water partition coefficient (Wildman–Crippen LogP) is 2.09. The number of hydrogen-bond donors (Lipinski definition) is 1. The number of nitrogens with one attached hydrogen (secondary N) is 1. The number of carbonyl (C=O) groups is 3. The first-order valence-corrected chi connectivity index (χ1v) is 7.39. The van der Waals surface area contributed by atoms with Gasteiger partial charge in [-0.1, -0.05) is 19.1 Å². The lowest BCUT2D eigenvalue weighted by molar-refractivity contribution is -0.148. The molecule has 6 nitrogen and oxygen atoms in total. The lowest BCUT2D eigenvalue weighted by Gasteiger charge is -2.27. The average Bonchev–Trinajstić information content (AvgIpc) is 2.59. The highest BCUT2D eigenvalue weighted by Crippen LogP contribution is 2.31. The number of fused-ring (bicyclic) bond motifs is 1. The van der Waals surface area contributed by atoms with Gasteiger partial charge in [0.2, 0.25) is 5.91 Å². The van der Waals surface area contributed by atoms with E-state index in [1.54, 1.807) is 31.2 Å². The van der Waals surface area contributed by atoms with Gasteiger partial charge in [0, 0.05) is 18.9 Å². The fraction of sp³-hybridized carbons (Fsp3) is 0.438. The van der Waals surface area contributed by atoms with Gasteiger partial charge in [0.25, 0.3) is 5.91 Å². The van der Waals surface area contributed by atoms with Gasteiger partial charge in [0.1, 0.15) is 0 Å². The van der Waals surface area contributed by atoms with Crippen LogP contribution in [0.5, 0.6) is 0 Å². The smallest absolute Gasteiger partial charge is 0.306 e. The molecule has 6 heteroatoms. The number of ether oxygens (including phenoxy) is 1. The number of para-hydroxylation sites is 2. The van der Waals surface area contributed by atoms with E-state index in [0.29, 0.717) is 24.2 Å². The summed E-state index contributed by atoms with van der Waals surface area (Å²) in [6.45, 7) is 3.35. The second kappa shape index (κ2) is 7.06. The highest BCUT2D eigenvalue weighted by Gasteiger charge is 2.29. The Labute approximate surface area is 129 Å². The number of rotatable bonds is 4. The van der Waals surface area contributed by atoms with Crippen LogP contribution in [0.15, 0.2) is 24.3 Å². The van der Waals surface area contributed by atoms with E-state index >= 15 is 0 Å². The van der Waals surface area contributed by atoms with Gasteiger partial charge < -0.3 is 15.0 Å². The molecule has 1 aliphatic rings. The van der Waals surface area contributed by atoms with Crippen LogP contribution in [0.1, 0.15) is 33.1 Å². The van der Waals surface area contributed by atoms with Crippen molar-refractivity contribution in [3.63, 3.8) is 0 Å². The fourth-order valence-corrected chi connectivity index (χ4v) is 2.46. The molecular formula is C16H20N2O4. The van der Waals surface area contributed by atoms with Crippen molar-refractivity contribution in [3.8, 4) is 0 Å². The van der Waals surface area contributed by atoms with Crippen LogP contribution in [-0.4, -0.2) is 30.4 Å². The summed E-state index contributed by atoms with van der Waals surface area (Å²) in [5.74, 6) is -0.861. The van der Waals surface area contributed by atoms with Gasteiger partial charge in [-0.3, -0.25) is 14.4 Å². The van der Waals surface area contributed by atoms with Crippen molar-refractivity contribution in [3.05, 3.63) is 24.3 Å². The number of hydrogen-bond acceptors (Lipinski definition) is 4. The molecule has 1 aromatic carbocycles. The molecule has 118 valence electrons. The molecule has 1 aromatic rings. The van der Waals surface area contributed by atoms with Crippen LogP contribution >= 0.6 is 0 Å². The van der Waals surface area contributed by atoms with E-state index in [0.717, 1.165) is 0 Å². The largest absolute Gasteiger partial charge is 0.456 e. The van der Waals surface area contributed by atoms with Gasteiger partial charge >= 0.3 is 5.97 Å². The molecule has 0 unspecified atom stereocenters. The minimum absolute atomic E-state index is 0.141. The van der Waals surface area contributed by atoms with E-state index in [2.05, 4.69) is 5.32 Å². The summed E-state index contributed by atoms with van der Waals surface area (Å²) >= 11 is 0. The van der Waals surface area contributed by atoms with E-state index in [1.165, 1.54) is 4.90 Å². The summed E-state index contributed by atoms with van der Waals surface area (Å²) in [5, 5.41) is 2.78. The van der Waals surface area contributed by atoms with Crippen LogP contribution in [-0.2, 0) is 19.1 Å². The summed E-state index contributed by atoms with van der Waals surface area (Å²) in [6.07, 6.45) is 1.16. The summed E-state index contributed by atoms with van der Waals surface area (Å²) in [6, 6.07) is 6.80. The zero-order valence-corrected chi connectivity index (χ0v) is 12.8. The molecule has 2 amide bonds. The second-order valence-corrected chi connectivity index (χ2v) is 5.29. The Hall–Kier alpha value is -2.37. The SMILES string of the molecule is CCCC(=O)OCC(=O)N1c2ccccc2NC(=O)C[C@@H]1C. The molecule has 0 fully saturated rings. The Balaban J connectivity index is 2.18. The van der Waals surface area contributed by atoms with Gasteiger partial charge in [0.15, 0.2) is 6.61 Å². The molecule has 0 aliphatic carbocycles. The topological polar surface area (TPSA) is 75.7 Å². The Morgan fingerprint density at radius 1 is 1.36 bits per heavy atom. The molecular weight excluding hydrogens is 284 g/mol. The van der Waals surface area contributed by atoms with Gasteiger partial charge in [-0.05, 0) is 25.5 Å². The lowest BCUT2D eigenvalue weighted by atomic mass is 10.1. The third-order valence-corrected chi connectivity index (χ3v) is 3.44. The molecule has 2 rings (SSSR count). The Bertz CT molecular complexity index is 585. The molecule has 1 atom stereocenters. The quantitative estimate of drug-likeness (QED) is 0.864. The van der Waals surface area contributed by atoms with Crippen LogP contribution < -0.4 is 10.2 Å². The zero-order valence-electron chi connectivity index (χ0n) is 12.8. The molecule has 0 spiro atoms. The van der Waals surface area contributed by atoms with E-state index in [1.807, 2.05) is 6.92 Å². The van der Waals surface area contributed by atoms with Crippen molar-refractivity contribution < 1.29 is 19.1 Å². The maximum absolute atomic E-state index is 12.4. The fourth-order valence-electron chi connectivity index (χ4n) is 2.46. The Morgan fingerprint density at radius 3 is 2.82 bits per heavy atom. The van der Waals surface area contributed by atoms with E-state index in [9.17, 15) is 14.4 Å². The first kappa shape index (κ1) is 16.0. The molecule has 0 bridgehead atoms. The second-order valence-electron chi connectivity index (χ2n) is 5.29. The van der Waals surface area contributed by atoms with Crippen molar-refractivity contribution in [2.45, 2.75) is 39.2 Å². The standard InChI is InChI=1S/C16H20N2O4/c1-3-6-16(21)22-10-15(20)18-11(2)9-14(19)17-12-7-4-5-8-13(12)18/h4-5,7-8,11H,3,6,9-10H2,1-2H3,(H,17,19)/t11-/m0/s1.